The molecular weight excluding hydrogens is 344 g/mol. The first kappa shape index (κ1) is 20.4. The highest BCUT2D eigenvalue weighted by Crippen LogP contribution is 2.36. The van der Waals surface area contributed by atoms with Crippen molar-refractivity contribution in [3.8, 4) is 12.1 Å². The SMILES string of the molecule is N#C/C=C/C=C/C1CCC(OCC2CCC(c3ccc(C#N)cc3)CC2)CC1. The third-order valence-corrected chi connectivity index (χ3v) is 6.31. The fourth-order valence-electron chi connectivity index (χ4n) is 4.53. The monoisotopic (exact) mass is 374 g/mol. The molecule has 0 heterocycles. The molecule has 0 amide bonds. The van der Waals surface area contributed by atoms with Crippen molar-refractivity contribution in [2.75, 3.05) is 6.61 Å². The molecule has 0 aromatic heterocycles. The van der Waals surface area contributed by atoms with Crippen LogP contribution in [0.1, 0.15) is 68.4 Å². The smallest absolute Gasteiger partial charge is 0.0991 e. The summed E-state index contributed by atoms with van der Waals surface area (Å²) in [6.07, 6.45) is 17.6. The van der Waals surface area contributed by atoms with Crippen LogP contribution in [0.15, 0.2) is 48.6 Å². The molecule has 3 nitrogen and oxygen atoms in total. The molecule has 0 saturated heterocycles. The lowest BCUT2D eigenvalue weighted by Crippen LogP contribution is -2.25. The van der Waals surface area contributed by atoms with Crippen molar-refractivity contribution in [1.29, 1.82) is 10.5 Å². The lowest BCUT2D eigenvalue weighted by Gasteiger charge is -2.32. The second kappa shape index (κ2) is 10.8. The van der Waals surface area contributed by atoms with Gasteiger partial charge in [0.15, 0.2) is 0 Å². The summed E-state index contributed by atoms with van der Waals surface area (Å²) in [5.74, 6) is 1.97. The molecule has 2 aliphatic rings. The number of nitrogens with zero attached hydrogens (tertiary/aromatic N) is 2. The summed E-state index contributed by atoms with van der Waals surface area (Å²) in [4.78, 5) is 0. The molecule has 1 aromatic carbocycles. The molecule has 0 spiro atoms. The van der Waals surface area contributed by atoms with Gasteiger partial charge in [-0.3, -0.25) is 0 Å². The molecule has 0 bridgehead atoms. The number of hydrogen-bond donors (Lipinski definition) is 0. The van der Waals surface area contributed by atoms with Crippen LogP contribution in [0.4, 0.5) is 0 Å². The molecule has 0 aliphatic heterocycles. The molecule has 0 unspecified atom stereocenters. The first-order valence-corrected chi connectivity index (χ1v) is 10.6. The second-order valence-electron chi connectivity index (χ2n) is 8.19. The standard InChI is InChI=1S/C25H30N2O/c26-17-3-1-2-4-20-9-15-25(16-10-20)28-19-22-7-13-24(14-8-22)23-11-5-21(18-27)6-12-23/h1-6,11-12,20,22,24-25H,7-10,13-16,19H2/b3-1+,4-2+. The minimum absolute atomic E-state index is 0.426. The van der Waals surface area contributed by atoms with E-state index in [2.05, 4.69) is 24.3 Å². The van der Waals surface area contributed by atoms with Gasteiger partial charge >= 0.3 is 0 Å². The minimum atomic E-state index is 0.426. The van der Waals surface area contributed by atoms with Gasteiger partial charge in [-0.25, -0.2) is 0 Å². The van der Waals surface area contributed by atoms with Gasteiger partial charge in [-0.05, 0) is 86.8 Å². The van der Waals surface area contributed by atoms with Gasteiger partial charge < -0.3 is 4.74 Å². The highest BCUT2D eigenvalue weighted by atomic mass is 16.5. The Bertz CT molecular complexity index is 734. The van der Waals surface area contributed by atoms with Crippen LogP contribution in [0.25, 0.3) is 0 Å². The van der Waals surface area contributed by atoms with Gasteiger partial charge in [0.2, 0.25) is 0 Å². The van der Waals surface area contributed by atoms with E-state index < -0.39 is 0 Å². The van der Waals surface area contributed by atoms with E-state index in [0.717, 1.165) is 25.0 Å². The first-order chi connectivity index (χ1) is 13.8. The number of benzene rings is 1. The number of nitriles is 2. The van der Waals surface area contributed by atoms with Crippen molar-refractivity contribution in [2.45, 2.75) is 63.4 Å². The van der Waals surface area contributed by atoms with E-state index in [4.69, 9.17) is 15.3 Å². The predicted molar refractivity (Wildman–Crippen MR) is 111 cm³/mol. The van der Waals surface area contributed by atoms with E-state index in [9.17, 15) is 0 Å². The number of ether oxygens (including phenoxy) is 1. The number of allylic oxidation sites excluding steroid dienone is 4. The van der Waals surface area contributed by atoms with Crippen LogP contribution >= 0.6 is 0 Å². The van der Waals surface area contributed by atoms with Gasteiger partial charge in [-0.1, -0.05) is 30.4 Å². The van der Waals surface area contributed by atoms with Gasteiger partial charge in [0.1, 0.15) is 0 Å². The Morgan fingerprint density at radius 2 is 1.61 bits per heavy atom. The Hall–Kier alpha value is -2.36. The zero-order valence-electron chi connectivity index (χ0n) is 16.6. The largest absolute Gasteiger partial charge is 0.378 e. The Morgan fingerprint density at radius 3 is 2.25 bits per heavy atom. The summed E-state index contributed by atoms with van der Waals surface area (Å²) < 4.78 is 6.27. The van der Waals surface area contributed by atoms with Gasteiger partial charge in [0.25, 0.3) is 0 Å². The van der Waals surface area contributed by atoms with E-state index in [1.54, 1.807) is 0 Å². The zero-order valence-corrected chi connectivity index (χ0v) is 16.6. The lowest BCUT2D eigenvalue weighted by molar-refractivity contribution is -0.00456. The second-order valence-corrected chi connectivity index (χ2v) is 8.19. The number of rotatable bonds is 6. The van der Waals surface area contributed by atoms with Crippen LogP contribution in [-0.2, 0) is 4.74 Å². The van der Waals surface area contributed by atoms with Gasteiger partial charge in [0, 0.05) is 12.7 Å². The number of hydrogen-bond acceptors (Lipinski definition) is 3. The molecular formula is C25H30N2O. The lowest BCUT2D eigenvalue weighted by atomic mass is 9.79. The normalized spacial score (nSPS) is 28.2. The Kier molecular flexibility index (Phi) is 7.89. The third-order valence-electron chi connectivity index (χ3n) is 6.31. The molecule has 1 aromatic rings. The third kappa shape index (κ3) is 6.08. The van der Waals surface area contributed by atoms with Gasteiger partial charge in [-0.2, -0.15) is 10.5 Å². The molecule has 28 heavy (non-hydrogen) atoms. The van der Waals surface area contributed by atoms with Crippen LogP contribution in [0.2, 0.25) is 0 Å². The highest BCUT2D eigenvalue weighted by Gasteiger charge is 2.25. The molecule has 0 N–H and O–H groups in total. The fraction of sp³-hybridized carbons (Fsp3) is 0.520. The van der Waals surface area contributed by atoms with E-state index in [1.807, 2.05) is 30.4 Å². The fourth-order valence-corrected chi connectivity index (χ4v) is 4.53. The molecule has 146 valence electrons. The summed E-state index contributed by atoms with van der Waals surface area (Å²) >= 11 is 0. The average Bonchev–Trinajstić information content (AvgIpc) is 2.76. The Labute approximate surface area is 169 Å². The summed E-state index contributed by atoms with van der Waals surface area (Å²) in [5.41, 5.74) is 2.13. The zero-order chi connectivity index (χ0) is 19.6. The summed E-state index contributed by atoms with van der Waals surface area (Å²) in [6, 6.07) is 12.3. The van der Waals surface area contributed by atoms with Crippen molar-refractivity contribution < 1.29 is 4.74 Å². The van der Waals surface area contributed by atoms with Crippen molar-refractivity contribution >= 4 is 0 Å². The van der Waals surface area contributed by atoms with Crippen molar-refractivity contribution in [2.24, 2.45) is 11.8 Å². The predicted octanol–water partition coefficient (Wildman–Crippen LogP) is 6.04. The maximum atomic E-state index is 8.93. The van der Waals surface area contributed by atoms with E-state index in [1.165, 1.54) is 50.2 Å². The van der Waals surface area contributed by atoms with E-state index >= 15 is 0 Å². The van der Waals surface area contributed by atoms with Crippen molar-refractivity contribution in [3.63, 3.8) is 0 Å². The Morgan fingerprint density at radius 1 is 0.893 bits per heavy atom. The van der Waals surface area contributed by atoms with E-state index in [0.29, 0.717) is 23.9 Å². The molecule has 2 saturated carbocycles. The maximum Gasteiger partial charge on any atom is 0.0991 e. The Balaban J connectivity index is 1.34. The van der Waals surface area contributed by atoms with Crippen LogP contribution < -0.4 is 0 Å². The summed E-state index contributed by atoms with van der Waals surface area (Å²) in [6.45, 7) is 0.913. The van der Waals surface area contributed by atoms with Crippen LogP contribution in [-0.4, -0.2) is 12.7 Å². The molecule has 0 radical (unpaired) electrons. The molecule has 3 heteroatoms. The van der Waals surface area contributed by atoms with Crippen LogP contribution in [0.5, 0.6) is 0 Å². The topological polar surface area (TPSA) is 56.8 Å². The summed E-state index contributed by atoms with van der Waals surface area (Å²) in [7, 11) is 0. The van der Waals surface area contributed by atoms with Gasteiger partial charge in [-0.15, -0.1) is 0 Å². The molecule has 3 rings (SSSR count). The van der Waals surface area contributed by atoms with Crippen molar-refractivity contribution in [1.82, 2.24) is 0 Å². The quantitative estimate of drug-likeness (QED) is 0.450. The van der Waals surface area contributed by atoms with E-state index in [-0.39, 0.29) is 0 Å². The van der Waals surface area contributed by atoms with Gasteiger partial charge in [0.05, 0.1) is 23.8 Å². The molecule has 2 aliphatic carbocycles. The molecule has 0 atom stereocenters. The average molecular weight is 375 g/mol. The maximum absolute atomic E-state index is 8.93. The molecule has 2 fully saturated rings. The van der Waals surface area contributed by atoms with Crippen LogP contribution in [0, 0.1) is 34.5 Å². The van der Waals surface area contributed by atoms with Crippen LogP contribution in [0.3, 0.4) is 0 Å². The minimum Gasteiger partial charge on any atom is -0.378 e. The highest BCUT2D eigenvalue weighted by molar-refractivity contribution is 5.33. The first-order valence-electron chi connectivity index (χ1n) is 10.6. The summed E-state index contributed by atoms with van der Waals surface area (Å²) in [5, 5.41) is 17.4. The van der Waals surface area contributed by atoms with Crippen molar-refractivity contribution in [3.05, 3.63) is 59.7 Å².